The second-order valence-corrected chi connectivity index (χ2v) is 7.79. The van der Waals surface area contributed by atoms with Crippen LogP contribution in [0.15, 0.2) is 0 Å². The quantitative estimate of drug-likeness (QED) is 0.744. The van der Waals surface area contributed by atoms with Crippen LogP contribution in [0, 0.1) is 5.92 Å². The summed E-state index contributed by atoms with van der Waals surface area (Å²) < 4.78 is 22.9. The first kappa shape index (κ1) is 12.3. The first-order valence-corrected chi connectivity index (χ1v) is 7.91. The largest absolute Gasteiger partial charge is 0.312 e. The third kappa shape index (κ3) is 2.76. The van der Waals surface area contributed by atoms with Gasteiger partial charge in [-0.15, -0.1) is 0 Å². The average Bonchev–Trinajstić information content (AvgIpc) is 2.69. The van der Waals surface area contributed by atoms with Crippen LogP contribution < -0.4 is 10.6 Å². The van der Waals surface area contributed by atoms with Crippen molar-refractivity contribution in [3.63, 3.8) is 0 Å². The summed E-state index contributed by atoms with van der Waals surface area (Å²) in [5, 5.41) is 6.90. The number of hydrogen-bond acceptors (Lipinski definition) is 4. The summed E-state index contributed by atoms with van der Waals surface area (Å²) in [6.07, 6.45) is 1.97. The second kappa shape index (κ2) is 4.27. The SMILES string of the molecule is CC1CCNC1CNC1(C)CCS(=O)(=O)C1. The Morgan fingerprint density at radius 3 is 2.75 bits per heavy atom. The highest BCUT2D eigenvalue weighted by molar-refractivity contribution is 7.91. The van der Waals surface area contributed by atoms with Gasteiger partial charge in [-0.3, -0.25) is 0 Å². The molecule has 3 unspecified atom stereocenters. The zero-order chi connectivity index (χ0) is 11.8. The molecule has 2 fully saturated rings. The Morgan fingerprint density at radius 1 is 1.50 bits per heavy atom. The standard InChI is InChI=1S/C11H22N2O2S/c1-9-3-5-12-10(9)7-13-11(2)4-6-16(14,15)8-11/h9-10,12-13H,3-8H2,1-2H3. The molecule has 2 saturated heterocycles. The molecule has 5 heteroatoms. The fraction of sp³-hybridized carbons (Fsp3) is 1.00. The van der Waals surface area contributed by atoms with Crippen molar-refractivity contribution in [2.45, 2.75) is 38.3 Å². The highest BCUT2D eigenvalue weighted by atomic mass is 32.2. The summed E-state index contributed by atoms with van der Waals surface area (Å²) in [5.41, 5.74) is -0.206. The van der Waals surface area contributed by atoms with Gasteiger partial charge in [0.25, 0.3) is 0 Å². The van der Waals surface area contributed by atoms with E-state index in [1.165, 1.54) is 6.42 Å². The van der Waals surface area contributed by atoms with Gasteiger partial charge in [-0.1, -0.05) is 6.92 Å². The lowest BCUT2D eigenvalue weighted by molar-refractivity contribution is 0.349. The molecule has 0 aromatic rings. The first-order valence-electron chi connectivity index (χ1n) is 6.09. The predicted molar refractivity (Wildman–Crippen MR) is 65.3 cm³/mol. The van der Waals surface area contributed by atoms with Crippen molar-refractivity contribution >= 4 is 9.84 Å². The van der Waals surface area contributed by atoms with Crippen LogP contribution >= 0.6 is 0 Å². The van der Waals surface area contributed by atoms with Crippen LogP contribution in [-0.2, 0) is 9.84 Å². The molecule has 0 spiro atoms. The molecule has 2 aliphatic rings. The van der Waals surface area contributed by atoms with Crippen molar-refractivity contribution in [3.05, 3.63) is 0 Å². The molecule has 4 nitrogen and oxygen atoms in total. The molecule has 2 rings (SSSR count). The Hall–Kier alpha value is -0.130. The van der Waals surface area contributed by atoms with Crippen molar-refractivity contribution in [2.75, 3.05) is 24.6 Å². The number of sulfone groups is 1. The first-order chi connectivity index (χ1) is 7.40. The summed E-state index contributed by atoms with van der Waals surface area (Å²) in [4.78, 5) is 0. The van der Waals surface area contributed by atoms with E-state index in [4.69, 9.17) is 0 Å². The maximum absolute atomic E-state index is 11.5. The van der Waals surface area contributed by atoms with Gasteiger partial charge in [0.1, 0.15) is 0 Å². The number of rotatable bonds is 3. The molecule has 0 bridgehead atoms. The smallest absolute Gasteiger partial charge is 0.152 e. The van der Waals surface area contributed by atoms with Crippen molar-refractivity contribution < 1.29 is 8.42 Å². The maximum atomic E-state index is 11.5. The highest BCUT2D eigenvalue weighted by Crippen LogP contribution is 2.23. The molecule has 0 aromatic carbocycles. The lowest BCUT2D eigenvalue weighted by Crippen LogP contribution is -2.49. The normalized spacial score (nSPS) is 42.6. The van der Waals surface area contributed by atoms with Gasteiger partial charge in [-0.25, -0.2) is 8.42 Å². The lowest BCUT2D eigenvalue weighted by atomic mass is 9.99. The Kier molecular flexibility index (Phi) is 3.29. The third-order valence-electron chi connectivity index (χ3n) is 3.95. The van der Waals surface area contributed by atoms with Gasteiger partial charge in [0, 0.05) is 18.1 Å². The second-order valence-electron chi connectivity index (χ2n) is 5.61. The van der Waals surface area contributed by atoms with Gasteiger partial charge in [0.2, 0.25) is 0 Å². The van der Waals surface area contributed by atoms with E-state index in [0.29, 0.717) is 23.5 Å². The molecular weight excluding hydrogens is 224 g/mol. The van der Waals surface area contributed by atoms with E-state index in [2.05, 4.69) is 17.6 Å². The van der Waals surface area contributed by atoms with Crippen molar-refractivity contribution in [1.82, 2.24) is 10.6 Å². The number of hydrogen-bond donors (Lipinski definition) is 2. The zero-order valence-electron chi connectivity index (χ0n) is 10.1. The molecule has 0 aliphatic carbocycles. The maximum Gasteiger partial charge on any atom is 0.152 e. The van der Waals surface area contributed by atoms with E-state index < -0.39 is 9.84 Å². The van der Waals surface area contributed by atoms with Crippen LogP contribution in [0.25, 0.3) is 0 Å². The van der Waals surface area contributed by atoms with Gasteiger partial charge in [0.15, 0.2) is 9.84 Å². The van der Waals surface area contributed by atoms with E-state index >= 15 is 0 Å². The minimum absolute atomic E-state index is 0.206. The van der Waals surface area contributed by atoms with Crippen LogP contribution in [0.5, 0.6) is 0 Å². The molecule has 2 aliphatic heterocycles. The summed E-state index contributed by atoms with van der Waals surface area (Å²) in [5.74, 6) is 1.32. The Labute approximate surface area is 98.1 Å². The van der Waals surface area contributed by atoms with Crippen LogP contribution in [0.1, 0.15) is 26.7 Å². The van der Waals surface area contributed by atoms with Crippen molar-refractivity contribution in [1.29, 1.82) is 0 Å². The average molecular weight is 246 g/mol. The topological polar surface area (TPSA) is 58.2 Å². The summed E-state index contributed by atoms with van der Waals surface area (Å²) in [6.45, 7) is 6.24. The Bertz CT molecular complexity index is 355. The Balaban J connectivity index is 1.86. The van der Waals surface area contributed by atoms with E-state index in [9.17, 15) is 8.42 Å². The molecule has 0 saturated carbocycles. The third-order valence-corrected chi connectivity index (χ3v) is 5.85. The van der Waals surface area contributed by atoms with Crippen LogP contribution in [-0.4, -0.2) is 44.6 Å². The molecule has 0 radical (unpaired) electrons. The van der Waals surface area contributed by atoms with Crippen LogP contribution in [0.3, 0.4) is 0 Å². The van der Waals surface area contributed by atoms with E-state index in [0.717, 1.165) is 19.5 Å². The van der Waals surface area contributed by atoms with E-state index in [1.807, 2.05) is 6.92 Å². The molecule has 0 amide bonds. The van der Waals surface area contributed by atoms with Gasteiger partial charge < -0.3 is 10.6 Å². The van der Waals surface area contributed by atoms with E-state index in [-0.39, 0.29) is 5.54 Å². The molecular formula is C11H22N2O2S. The molecule has 0 aromatic heterocycles. The molecule has 94 valence electrons. The minimum atomic E-state index is -2.80. The predicted octanol–water partition coefficient (Wildman–Crippen LogP) is 0.151. The highest BCUT2D eigenvalue weighted by Gasteiger charge is 2.38. The Morgan fingerprint density at radius 2 is 2.25 bits per heavy atom. The molecule has 2 N–H and O–H groups in total. The van der Waals surface area contributed by atoms with Gasteiger partial charge >= 0.3 is 0 Å². The van der Waals surface area contributed by atoms with Crippen molar-refractivity contribution in [3.8, 4) is 0 Å². The van der Waals surface area contributed by atoms with Gasteiger partial charge in [0.05, 0.1) is 11.5 Å². The van der Waals surface area contributed by atoms with Crippen LogP contribution in [0.2, 0.25) is 0 Å². The zero-order valence-corrected chi connectivity index (χ0v) is 10.9. The van der Waals surface area contributed by atoms with Crippen molar-refractivity contribution in [2.24, 2.45) is 5.92 Å². The van der Waals surface area contributed by atoms with Gasteiger partial charge in [-0.05, 0) is 32.2 Å². The summed E-state index contributed by atoms with van der Waals surface area (Å²) >= 11 is 0. The molecule has 2 heterocycles. The summed E-state index contributed by atoms with van der Waals surface area (Å²) in [7, 11) is -2.80. The summed E-state index contributed by atoms with van der Waals surface area (Å²) in [6, 6.07) is 0.500. The lowest BCUT2D eigenvalue weighted by Gasteiger charge is -2.27. The minimum Gasteiger partial charge on any atom is -0.312 e. The number of nitrogens with one attached hydrogen (secondary N) is 2. The van der Waals surface area contributed by atoms with E-state index in [1.54, 1.807) is 0 Å². The monoisotopic (exact) mass is 246 g/mol. The van der Waals surface area contributed by atoms with Gasteiger partial charge in [-0.2, -0.15) is 0 Å². The molecule has 3 atom stereocenters. The molecule has 16 heavy (non-hydrogen) atoms. The fourth-order valence-electron chi connectivity index (χ4n) is 2.68. The fourth-order valence-corrected chi connectivity index (χ4v) is 4.80. The van der Waals surface area contributed by atoms with Crippen LogP contribution in [0.4, 0.5) is 0 Å².